The number of nitrogens with zero attached hydrogens (tertiary/aromatic N) is 2. The Morgan fingerprint density at radius 1 is 1.37 bits per heavy atom. The first-order valence-electron chi connectivity index (χ1n) is 7.12. The number of nitrogens with two attached hydrogens (primary N) is 1. The van der Waals surface area contributed by atoms with Crippen LogP contribution in [0, 0.1) is 0 Å². The molecule has 1 aromatic heterocycles. The van der Waals surface area contributed by atoms with Gasteiger partial charge < -0.3 is 10.5 Å². The van der Waals surface area contributed by atoms with Gasteiger partial charge in [-0.05, 0) is 19.8 Å². The summed E-state index contributed by atoms with van der Waals surface area (Å²) in [5.41, 5.74) is 8.23. The van der Waals surface area contributed by atoms with E-state index in [2.05, 4.69) is 18.9 Å². The summed E-state index contributed by atoms with van der Waals surface area (Å²) < 4.78 is 7.57. The van der Waals surface area contributed by atoms with Gasteiger partial charge in [-0.15, -0.1) is 0 Å². The van der Waals surface area contributed by atoms with Gasteiger partial charge in [-0.2, -0.15) is 5.10 Å². The SMILES string of the molecule is CCCC(OCC)C(N)Cc1c(Cl)c(CC)nn1C. The maximum absolute atomic E-state index is 6.35. The van der Waals surface area contributed by atoms with Crippen LogP contribution in [-0.2, 0) is 24.6 Å². The van der Waals surface area contributed by atoms with Crippen LogP contribution in [0.2, 0.25) is 5.02 Å². The Morgan fingerprint density at radius 3 is 2.53 bits per heavy atom. The van der Waals surface area contributed by atoms with Crippen molar-refractivity contribution < 1.29 is 4.74 Å². The fourth-order valence-electron chi connectivity index (χ4n) is 2.32. The van der Waals surface area contributed by atoms with Crippen molar-refractivity contribution in [1.82, 2.24) is 9.78 Å². The molecule has 0 saturated carbocycles. The molecule has 1 heterocycles. The van der Waals surface area contributed by atoms with Crippen molar-refractivity contribution in [3.8, 4) is 0 Å². The lowest BCUT2D eigenvalue weighted by molar-refractivity contribution is 0.0374. The van der Waals surface area contributed by atoms with Crippen molar-refractivity contribution in [2.45, 2.75) is 58.6 Å². The van der Waals surface area contributed by atoms with Gasteiger partial charge in [-0.3, -0.25) is 4.68 Å². The molecule has 1 aromatic rings. The Labute approximate surface area is 121 Å². The Morgan fingerprint density at radius 2 is 2.05 bits per heavy atom. The molecule has 1 rings (SSSR count). The van der Waals surface area contributed by atoms with Crippen LogP contribution in [0.5, 0.6) is 0 Å². The van der Waals surface area contributed by atoms with Gasteiger partial charge in [0.1, 0.15) is 0 Å². The first-order chi connectivity index (χ1) is 9.04. The molecular weight excluding hydrogens is 262 g/mol. The van der Waals surface area contributed by atoms with Crippen LogP contribution in [0.3, 0.4) is 0 Å². The van der Waals surface area contributed by atoms with Crippen LogP contribution >= 0.6 is 11.6 Å². The van der Waals surface area contributed by atoms with E-state index >= 15 is 0 Å². The summed E-state index contributed by atoms with van der Waals surface area (Å²) in [6, 6.07) is -0.0440. The summed E-state index contributed by atoms with van der Waals surface area (Å²) in [6.07, 6.45) is 3.67. The lowest BCUT2D eigenvalue weighted by Gasteiger charge is -2.23. The van der Waals surface area contributed by atoms with Gasteiger partial charge in [-0.1, -0.05) is 31.9 Å². The van der Waals surface area contributed by atoms with E-state index in [4.69, 9.17) is 22.1 Å². The lowest BCUT2D eigenvalue weighted by Crippen LogP contribution is -2.39. The third-order valence-electron chi connectivity index (χ3n) is 3.36. The Hall–Kier alpha value is -0.580. The van der Waals surface area contributed by atoms with E-state index in [0.717, 1.165) is 35.7 Å². The van der Waals surface area contributed by atoms with Crippen LogP contribution in [0.4, 0.5) is 0 Å². The van der Waals surface area contributed by atoms with Crippen LogP contribution in [0.15, 0.2) is 0 Å². The fourth-order valence-corrected chi connectivity index (χ4v) is 2.69. The topological polar surface area (TPSA) is 53.1 Å². The highest BCUT2D eigenvalue weighted by Gasteiger charge is 2.22. The first kappa shape index (κ1) is 16.5. The summed E-state index contributed by atoms with van der Waals surface area (Å²) in [5.74, 6) is 0. The molecule has 0 aliphatic heterocycles. The normalized spacial score (nSPS) is 14.6. The van der Waals surface area contributed by atoms with E-state index in [1.807, 2.05) is 18.7 Å². The molecule has 110 valence electrons. The highest BCUT2D eigenvalue weighted by Crippen LogP contribution is 2.23. The zero-order chi connectivity index (χ0) is 14.4. The van der Waals surface area contributed by atoms with Crippen molar-refractivity contribution >= 4 is 11.6 Å². The van der Waals surface area contributed by atoms with Crippen LogP contribution in [-0.4, -0.2) is 28.5 Å². The Balaban J connectivity index is 2.79. The molecule has 0 spiro atoms. The third-order valence-corrected chi connectivity index (χ3v) is 3.80. The quantitative estimate of drug-likeness (QED) is 0.800. The summed E-state index contributed by atoms with van der Waals surface area (Å²) >= 11 is 6.35. The van der Waals surface area contributed by atoms with E-state index in [-0.39, 0.29) is 12.1 Å². The van der Waals surface area contributed by atoms with E-state index < -0.39 is 0 Å². The van der Waals surface area contributed by atoms with Gasteiger partial charge in [-0.25, -0.2) is 0 Å². The smallest absolute Gasteiger partial charge is 0.0850 e. The monoisotopic (exact) mass is 287 g/mol. The van der Waals surface area contributed by atoms with Crippen molar-refractivity contribution in [3.05, 3.63) is 16.4 Å². The summed E-state index contributed by atoms with van der Waals surface area (Å²) in [6.45, 7) is 6.89. The fraction of sp³-hybridized carbons (Fsp3) is 0.786. The van der Waals surface area contributed by atoms with Gasteiger partial charge in [0, 0.05) is 26.1 Å². The molecule has 4 nitrogen and oxygen atoms in total. The zero-order valence-electron chi connectivity index (χ0n) is 12.4. The lowest BCUT2D eigenvalue weighted by atomic mass is 10.0. The summed E-state index contributed by atoms with van der Waals surface area (Å²) in [7, 11) is 1.92. The number of hydrogen-bond acceptors (Lipinski definition) is 3. The molecule has 2 atom stereocenters. The van der Waals surface area contributed by atoms with Crippen LogP contribution in [0.1, 0.15) is 45.0 Å². The highest BCUT2D eigenvalue weighted by molar-refractivity contribution is 6.31. The second-order valence-corrected chi connectivity index (χ2v) is 5.21. The number of ether oxygens (including phenoxy) is 1. The second kappa shape index (κ2) is 7.88. The van der Waals surface area contributed by atoms with Gasteiger partial charge in [0.15, 0.2) is 0 Å². The number of hydrogen-bond donors (Lipinski definition) is 1. The molecule has 2 unspecified atom stereocenters. The maximum Gasteiger partial charge on any atom is 0.0850 e. The zero-order valence-corrected chi connectivity index (χ0v) is 13.2. The van der Waals surface area contributed by atoms with Gasteiger partial charge >= 0.3 is 0 Å². The predicted octanol–water partition coefficient (Wildman–Crippen LogP) is 2.71. The summed E-state index contributed by atoms with van der Waals surface area (Å²) in [5, 5.41) is 5.18. The second-order valence-electron chi connectivity index (χ2n) is 4.83. The van der Waals surface area contributed by atoms with Crippen molar-refractivity contribution in [2.75, 3.05) is 6.61 Å². The van der Waals surface area contributed by atoms with Gasteiger partial charge in [0.25, 0.3) is 0 Å². The van der Waals surface area contributed by atoms with Crippen molar-refractivity contribution in [3.63, 3.8) is 0 Å². The van der Waals surface area contributed by atoms with E-state index in [0.29, 0.717) is 13.0 Å². The number of halogens is 1. The molecule has 0 saturated heterocycles. The molecule has 0 bridgehead atoms. The van der Waals surface area contributed by atoms with E-state index in [1.54, 1.807) is 0 Å². The molecule has 0 amide bonds. The molecular formula is C14H26ClN3O. The van der Waals surface area contributed by atoms with Crippen molar-refractivity contribution in [1.29, 1.82) is 0 Å². The van der Waals surface area contributed by atoms with Gasteiger partial charge in [0.2, 0.25) is 0 Å². The average molecular weight is 288 g/mol. The largest absolute Gasteiger partial charge is 0.377 e. The molecule has 0 aliphatic rings. The van der Waals surface area contributed by atoms with E-state index in [1.165, 1.54) is 0 Å². The summed E-state index contributed by atoms with van der Waals surface area (Å²) in [4.78, 5) is 0. The van der Waals surface area contributed by atoms with Crippen LogP contribution < -0.4 is 5.73 Å². The van der Waals surface area contributed by atoms with E-state index in [9.17, 15) is 0 Å². The Kier molecular flexibility index (Phi) is 6.83. The number of rotatable bonds is 8. The predicted molar refractivity (Wildman–Crippen MR) is 79.6 cm³/mol. The maximum atomic E-state index is 6.35. The molecule has 0 fully saturated rings. The molecule has 0 aliphatic carbocycles. The van der Waals surface area contributed by atoms with Crippen molar-refractivity contribution in [2.24, 2.45) is 12.8 Å². The first-order valence-corrected chi connectivity index (χ1v) is 7.50. The van der Waals surface area contributed by atoms with Crippen LogP contribution in [0.25, 0.3) is 0 Å². The number of aromatic nitrogens is 2. The molecule has 2 N–H and O–H groups in total. The third kappa shape index (κ3) is 4.20. The Bertz CT molecular complexity index is 386. The minimum Gasteiger partial charge on any atom is -0.377 e. The molecule has 0 radical (unpaired) electrons. The van der Waals surface area contributed by atoms with Gasteiger partial charge in [0.05, 0.1) is 22.5 Å². The average Bonchev–Trinajstić information content (AvgIpc) is 2.65. The molecule has 5 heteroatoms. The minimum atomic E-state index is -0.0440. The standard InChI is InChI=1S/C14H26ClN3O/c1-5-8-13(19-7-3)10(16)9-12-14(15)11(6-2)17-18(12)4/h10,13H,5-9,16H2,1-4H3. The minimum absolute atomic E-state index is 0.0440. The molecule has 0 aromatic carbocycles. The highest BCUT2D eigenvalue weighted by atomic mass is 35.5. The molecule has 19 heavy (non-hydrogen) atoms. The number of aryl methyl sites for hydroxylation is 2.